The summed E-state index contributed by atoms with van der Waals surface area (Å²) in [5.74, 6) is -1.27. The van der Waals surface area contributed by atoms with E-state index >= 15 is 0 Å². The highest BCUT2D eigenvalue weighted by Crippen LogP contribution is 2.26. The highest BCUT2D eigenvalue weighted by atomic mass is 19.1. The van der Waals surface area contributed by atoms with Crippen molar-refractivity contribution in [3.63, 3.8) is 0 Å². The van der Waals surface area contributed by atoms with Gasteiger partial charge in [-0.05, 0) is 25.0 Å². The van der Waals surface area contributed by atoms with Crippen molar-refractivity contribution in [1.29, 1.82) is 0 Å². The standard InChI is InChI=1S/C13H13FN2O3/c14-11-10(2-1-9-12(11)16-7-15-9)19-13(17)8-3-5-18-6-4-8/h1-2,7-8H,3-6H2,(H,15,16). The van der Waals surface area contributed by atoms with Gasteiger partial charge in [0.05, 0.1) is 17.8 Å². The van der Waals surface area contributed by atoms with E-state index in [2.05, 4.69) is 9.97 Å². The minimum atomic E-state index is -0.588. The van der Waals surface area contributed by atoms with Crippen LogP contribution < -0.4 is 4.74 Å². The number of hydrogen-bond acceptors (Lipinski definition) is 4. The van der Waals surface area contributed by atoms with Crippen molar-refractivity contribution in [2.75, 3.05) is 13.2 Å². The number of aromatic nitrogens is 2. The Morgan fingerprint density at radius 3 is 3.00 bits per heavy atom. The van der Waals surface area contributed by atoms with E-state index in [0.29, 0.717) is 31.6 Å². The third kappa shape index (κ3) is 2.31. The number of fused-ring (bicyclic) bond motifs is 1. The molecule has 0 bridgehead atoms. The summed E-state index contributed by atoms with van der Waals surface area (Å²) in [6, 6.07) is 3.04. The first-order chi connectivity index (χ1) is 9.25. The number of benzene rings is 1. The summed E-state index contributed by atoms with van der Waals surface area (Å²) in [6.45, 7) is 1.09. The van der Waals surface area contributed by atoms with Crippen LogP contribution in [-0.2, 0) is 9.53 Å². The normalized spacial score (nSPS) is 16.7. The Morgan fingerprint density at radius 2 is 2.21 bits per heavy atom. The highest BCUT2D eigenvalue weighted by Gasteiger charge is 2.24. The lowest BCUT2D eigenvalue weighted by Gasteiger charge is -2.20. The molecule has 2 aromatic rings. The lowest BCUT2D eigenvalue weighted by Crippen LogP contribution is -2.27. The molecule has 0 amide bonds. The molecule has 1 aliphatic rings. The predicted molar refractivity (Wildman–Crippen MR) is 65.2 cm³/mol. The molecule has 100 valence electrons. The van der Waals surface area contributed by atoms with Crippen molar-refractivity contribution < 1.29 is 18.7 Å². The summed E-state index contributed by atoms with van der Waals surface area (Å²) in [7, 11) is 0. The van der Waals surface area contributed by atoms with Crippen molar-refractivity contribution in [2.24, 2.45) is 5.92 Å². The van der Waals surface area contributed by atoms with Crippen molar-refractivity contribution >= 4 is 17.0 Å². The van der Waals surface area contributed by atoms with E-state index < -0.39 is 11.8 Å². The van der Waals surface area contributed by atoms with Gasteiger partial charge in [-0.1, -0.05) is 0 Å². The molecule has 1 saturated heterocycles. The summed E-state index contributed by atoms with van der Waals surface area (Å²) in [4.78, 5) is 18.5. The van der Waals surface area contributed by atoms with Crippen LogP contribution in [-0.4, -0.2) is 29.2 Å². The Hall–Kier alpha value is -1.95. The molecule has 0 radical (unpaired) electrons. The van der Waals surface area contributed by atoms with Crippen LogP contribution in [0.2, 0.25) is 0 Å². The molecule has 1 fully saturated rings. The number of H-pyrrole nitrogens is 1. The first kappa shape index (κ1) is 12.1. The van der Waals surface area contributed by atoms with Gasteiger partial charge in [-0.3, -0.25) is 4.79 Å². The maximum atomic E-state index is 14.1. The van der Waals surface area contributed by atoms with Crippen LogP contribution in [0, 0.1) is 11.7 Å². The van der Waals surface area contributed by atoms with Crippen LogP contribution in [0.4, 0.5) is 4.39 Å². The number of esters is 1. The van der Waals surface area contributed by atoms with Crippen molar-refractivity contribution in [2.45, 2.75) is 12.8 Å². The number of aromatic amines is 1. The molecular formula is C13H13FN2O3. The molecule has 3 rings (SSSR count). The van der Waals surface area contributed by atoms with E-state index in [1.54, 1.807) is 6.07 Å². The van der Waals surface area contributed by atoms with Gasteiger partial charge in [0, 0.05) is 13.2 Å². The monoisotopic (exact) mass is 264 g/mol. The van der Waals surface area contributed by atoms with Crippen LogP contribution in [0.25, 0.3) is 11.0 Å². The molecule has 0 unspecified atom stereocenters. The van der Waals surface area contributed by atoms with E-state index in [1.807, 2.05) is 0 Å². The summed E-state index contributed by atoms with van der Waals surface area (Å²) < 4.78 is 24.4. The minimum absolute atomic E-state index is 0.0618. The summed E-state index contributed by atoms with van der Waals surface area (Å²) in [6.07, 6.45) is 2.64. The van der Waals surface area contributed by atoms with E-state index in [9.17, 15) is 9.18 Å². The number of nitrogens with one attached hydrogen (secondary N) is 1. The van der Waals surface area contributed by atoms with Gasteiger partial charge in [0.25, 0.3) is 0 Å². The molecule has 2 heterocycles. The SMILES string of the molecule is O=C(Oc1ccc2nc[nH]c2c1F)C1CCOCC1. The third-order valence-electron chi connectivity index (χ3n) is 3.26. The molecule has 0 aliphatic carbocycles. The lowest BCUT2D eigenvalue weighted by atomic mass is 10.0. The van der Waals surface area contributed by atoms with Gasteiger partial charge in [0.15, 0.2) is 11.6 Å². The molecule has 1 aromatic carbocycles. The van der Waals surface area contributed by atoms with Gasteiger partial charge >= 0.3 is 5.97 Å². The fraction of sp³-hybridized carbons (Fsp3) is 0.385. The fourth-order valence-corrected chi connectivity index (χ4v) is 2.16. The second kappa shape index (κ2) is 4.97. The number of rotatable bonds is 2. The molecule has 1 aliphatic heterocycles. The number of carbonyl (C=O) groups excluding carboxylic acids is 1. The molecule has 0 spiro atoms. The zero-order valence-corrected chi connectivity index (χ0v) is 10.2. The van der Waals surface area contributed by atoms with Gasteiger partial charge < -0.3 is 14.5 Å². The molecule has 1 N–H and O–H groups in total. The number of halogens is 1. The van der Waals surface area contributed by atoms with Crippen LogP contribution >= 0.6 is 0 Å². The number of nitrogens with zero attached hydrogens (tertiary/aromatic N) is 1. The van der Waals surface area contributed by atoms with Gasteiger partial charge in [-0.15, -0.1) is 0 Å². The van der Waals surface area contributed by atoms with Crippen LogP contribution in [0.15, 0.2) is 18.5 Å². The molecule has 5 nitrogen and oxygen atoms in total. The maximum absolute atomic E-state index is 14.1. The van der Waals surface area contributed by atoms with Gasteiger partial charge in [0.2, 0.25) is 0 Å². The third-order valence-corrected chi connectivity index (χ3v) is 3.26. The Labute approximate surface area is 108 Å². The highest BCUT2D eigenvalue weighted by molar-refractivity contribution is 5.80. The quantitative estimate of drug-likeness (QED) is 0.666. The van der Waals surface area contributed by atoms with E-state index in [0.717, 1.165) is 0 Å². The summed E-state index contributed by atoms with van der Waals surface area (Å²) >= 11 is 0. The lowest BCUT2D eigenvalue weighted by molar-refractivity contribution is -0.142. The summed E-state index contributed by atoms with van der Waals surface area (Å²) in [5.41, 5.74) is 0.751. The van der Waals surface area contributed by atoms with Crippen molar-refractivity contribution in [1.82, 2.24) is 9.97 Å². The molecule has 1 aromatic heterocycles. The molecule has 19 heavy (non-hydrogen) atoms. The molecule has 0 atom stereocenters. The first-order valence-electron chi connectivity index (χ1n) is 6.17. The van der Waals surface area contributed by atoms with Gasteiger partial charge in [-0.2, -0.15) is 0 Å². The van der Waals surface area contributed by atoms with Crippen molar-refractivity contribution in [3.05, 3.63) is 24.3 Å². The van der Waals surface area contributed by atoms with Crippen LogP contribution in [0.3, 0.4) is 0 Å². The second-order valence-electron chi connectivity index (χ2n) is 4.48. The van der Waals surface area contributed by atoms with E-state index in [-0.39, 0.29) is 17.2 Å². The molecule has 6 heteroatoms. The van der Waals surface area contributed by atoms with Crippen LogP contribution in [0.5, 0.6) is 5.75 Å². The number of carbonyl (C=O) groups is 1. The number of ether oxygens (including phenoxy) is 2. The first-order valence-corrected chi connectivity index (χ1v) is 6.17. The van der Waals surface area contributed by atoms with E-state index in [4.69, 9.17) is 9.47 Å². The Kier molecular flexibility index (Phi) is 3.16. The summed E-state index contributed by atoms with van der Waals surface area (Å²) in [5, 5.41) is 0. The van der Waals surface area contributed by atoms with Gasteiger partial charge in [-0.25, -0.2) is 9.37 Å². The topological polar surface area (TPSA) is 64.2 Å². The number of hydrogen-bond donors (Lipinski definition) is 1. The number of imidazole rings is 1. The largest absolute Gasteiger partial charge is 0.423 e. The average molecular weight is 264 g/mol. The maximum Gasteiger partial charge on any atom is 0.314 e. The predicted octanol–water partition coefficient (Wildman–Crippen LogP) is 2.03. The Morgan fingerprint density at radius 1 is 1.42 bits per heavy atom. The Bertz CT molecular complexity index is 605. The Balaban J connectivity index is 1.80. The van der Waals surface area contributed by atoms with Crippen molar-refractivity contribution in [3.8, 4) is 5.75 Å². The second-order valence-corrected chi connectivity index (χ2v) is 4.48. The fourth-order valence-electron chi connectivity index (χ4n) is 2.16. The van der Waals surface area contributed by atoms with Crippen LogP contribution in [0.1, 0.15) is 12.8 Å². The zero-order valence-electron chi connectivity index (χ0n) is 10.2. The van der Waals surface area contributed by atoms with Gasteiger partial charge in [0.1, 0.15) is 5.52 Å². The molecular weight excluding hydrogens is 251 g/mol. The van der Waals surface area contributed by atoms with E-state index in [1.165, 1.54) is 12.4 Å². The smallest absolute Gasteiger partial charge is 0.314 e. The zero-order chi connectivity index (χ0) is 13.2. The minimum Gasteiger partial charge on any atom is -0.423 e. The molecule has 0 saturated carbocycles. The average Bonchev–Trinajstić information content (AvgIpc) is 2.92.